The van der Waals surface area contributed by atoms with Crippen molar-refractivity contribution in [1.82, 2.24) is 0 Å². The molecule has 3 N–H and O–H groups in total. The lowest BCUT2D eigenvalue weighted by Gasteiger charge is -2.07. The van der Waals surface area contributed by atoms with E-state index < -0.39 is 5.97 Å². The summed E-state index contributed by atoms with van der Waals surface area (Å²) in [4.78, 5) is 10.8. The van der Waals surface area contributed by atoms with E-state index in [1.54, 1.807) is 6.07 Å². The molecule has 0 aromatic heterocycles. The fourth-order valence-electron chi connectivity index (χ4n) is 0.779. The lowest BCUT2D eigenvalue weighted by Crippen LogP contribution is -2.06. The van der Waals surface area contributed by atoms with Crippen molar-refractivity contribution in [2.24, 2.45) is 0 Å². The summed E-state index contributed by atoms with van der Waals surface area (Å²) in [7, 11) is 0. The van der Waals surface area contributed by atoms with Gasteiger partial charge in [0.1, 0.15) is 0 Å². The van der Waals surface area contributed by atoms with E-state index in [-0.39, 0.29) is 5.56 Å². The summed E-state index contributed by atoms with van der Waals surface area (Å²) in [5, 5.41) is 8.84. The molecular formula is C7H4I3NO2. The molecule has 0 saturated heterocycles. The summed E-state index contributed by atoms with van der Waals surface area (Å²) in [6.45, 7) is 0. The zero-order valence-corrected chi connectivity index (χ0v) is 12.6. The second-order valence-electron chi connectivity index (χ2n) is 2.25. The summed E-state index contributed by atoms with van der Waals surface area (Å²) in [5.41, 5.74) is 6.55. The molecule has 0 amide bonds. The second-order valence-corrected chi connectivity index (χ2v) is 5.57. The zero-order chi connectivity index (χ0) is 10.2. The third kappa shape index (κ3) is 2.37. The van der Waals surface area contributed by atoms with Crippen molar-refractivity contribution in [2.45, 2.75) is 0 Å². The molecule has 0 bridgehead atoms. The molecule has 0 heterocycles. The van der Waals surface area contributed by atoms with Crippen LogP contribution in [0.15, 0.2) is 6.07 Å². The first-order chi connectivity index (χ1) is 5.95. The van der Waals surface area contributed by atoms with Gasteiger partial charge in [0.15, 0.2) is 0 Å². The van der Waals surface area contributed by atoms with E-state index in [9.17, 15) is 4.79 Å². The molecule has 0 fully saturated rings. The number of carboxylic acids is 1. The summed E-state index contributed by atoms with van der Waals surface area (Å²) >= 11 is 6.12. The van der Waals surface area contributed by atoms with Crippen LogP contribution >= 0.6 is 67.8 Å². The average molecular weight is 515 g/mol. The van der Waals surface area contributed by atoms with E-state index in [2.05, 4.69) is 45.2 Å². The molecule has 0 radical (unpaired) electrons. The normalized spacial score (nSPS) is 10.1. The van der Waals surface area contributed by atoms with Gasteiger partial charge in [-0.25, -0.2) is 4.79 Å². The number of nitrogen functional groups attached to an aromatic ring is 1. The van der Waals surface area contributed by atoms with Crippen molar-refractivity contribution >= 4 is 79.4 Å². The van der Waals surface area contributed by atoms with E-state index in [4.69, 9.17) is 10.8 Å². The quantitative estimate of drug-likeness (QED) is 0.344. The molecule has 1 aromatic carbocycles. The van der Waals surface area contributed by atoms with Gasteiger partial charge < -0.3 is 10.8 Å². The number of anilines is 1. The van der Waals surface area contributed by atoms with Crippen LogP contribution in [0.25, 0.3) is 0 Å². The molecule has 6 heteroatoms. The first-order valence-electron chi connectivity index (χ1n) is 3.11. The van der Waals surface area contributed by atoms with Crippen LogP contribution < -0.4 is 5.73 Å². The predicted molar refractivity (Wildman–Crippen MR) is 76.0 cm³/mol. The van der Waals surface area contributed by atoms with Crippen LogP contribution in [-0.4, -0.2) is 11.1 Å². The van der Waals surface area contributed by atoms with Crippen LogP contribution in [0.5, 0.6) is 0 Å². The Morgan fingerprint density at radius 2 is 1.85 bits per heavy atom. The van der Waals surface area contributed by atoms with Gasteiger partial charge in [0.05, 0.1) is 18.4 Å². The first-order valence-corrected chi connectivity index (χ1v) is 6.35. The molecule has 1 rings (SSSR count). The Morgan fingerprint density at radius 3 is 2.31 bits per heavy atom. The molecule has 1 aromatic rings. The standard InChI is InChI=1S/C7H4I3NO2/c8-3-1-2(7(12)13)4(9)6(11)5(3)10/h1H,11H2,(H,12,13). The van der Waals surface area contributed by atoms with Gasteiger partial charge in [0.25, 0.3) is 0 Å². The minimum atomic E-state index is -0.939. The molecule has 0 aliphatic rings. The van der Waals surface area contributed by atoms with E-state index in [1.165, 1.54) is 0 Å². The number of hydrogen-bond donors (Lipinski definition) is 2. The summed E-state index contributed by atoms with van der Waals surface area (Å²) in [6, 6.07) is 1.63. The van der Waals surface area contributed by atoms with Crippen molar-refractivity contribution in [2.75, 3.05) is 5.73 Å². The minimum absolute atomic E-state index is 0.267. The van der Waals surface area contributed by atoms with Crippen molar-refractivity contribution < 1.29 is 9.90 Å². The first kappa shape index (κ1) is 11.8. The lowest BCUT2D eigenvalue weighted by molar-refractivity contribution is 0.0695. The smallest absolute Gasteiger partial charge is 0.336 e. The number of hydrogen-bond acceptors (Lipinski definition) is 2. The number of carbonyl (C=O) groups is 1. The molecule has 0 spiro atoms. The molecule has 0 atom stereocenters. The van der Waals surface area contributed by atoms with E-state index in [0.717, 1.165) is 7.14 Å². The van der Waals surface area contributed by atoms with Crippen molar-refractivity contribution in [3.63, 3.8) is 0 Å². The Kier molecular flexibility index (Phi) is 4.04. The summed E-state index contributed by atoms with van der Waals surface area (Å²) in [5.74, 6) is -0.939. The highest BCUT2D eigenvalue weighted by Gasteiger charge is 2.15. The summed E-state index contributed by atoms with van der Waals surface area (Å²) < 4.78 is 2.39. The third-order valence-corrected chi connectivity index (χ3v) is 5.63. The van der Waals surface area contributed by atoms with E-state index >= 15 is 0 Å². The Morgan fingerprint density at radius 1 is 1.31 bits per heavy atom. The average Bonchev–Trinajstić information content (AvgIpc) is 2.07. The molecule has 13 heavy (non-hydrogen) atoms. The molecule has 0 aliphatic heterocycles. The Hall–Kier alpha value is 0.680. The van der Waals surface area contributed by atoms with Crippen LogP contribution in [0.4, 0.5) is 5.69 Å². The van der Waals surface area contributed by atoms with Gasteiger partial charge in [-0.3, -0.25) is 0 Å². The molecule has 0 saturated carbocycles. The second kappa shape index (κ2) is 4.47. The Bertz CT molecular complexity index is 378. The maximum Gasteiger partial charge on any atom is 0.336 e. The van der Waals surface area contributed by atoms with Crippen molar-refractivity contribution in [1.29, 1.82) is 0 Å². The number of aromatic carboxylic acids is 1. The Labute approximate surface area is 116 Å². The van der Waals surface area contributed by atoms with Crippen molar-refractivity contribution in [3.05, 3.63) is 22.3 Å². The van der Waals surface area contributed by atoms with Crippen LogP contribution in [0.3, 0.4) is 0 Å². The molecular weight excluding hydrogens is 511 g/mol. The summed E-state index contributed by atoms with van der Waals surface area (Å²) in [6.07, 6.45) is 0. The highest BCUT2D eigenvalue weighted by Crippen LogP contribution is 2.29. The van der Waals surface area contributed by atoms with Gasteiger partial charge in [-0.1, -0.05) is 0 Å². The zero-order valence-electron chi connectivity index (χ0n) is 6.14. The van der Waals surface area contributed by atoms with Crippen LogP contribution in [0, 0.1) is 10.7 Å². The number of rotatable bonds is 1. The van der Waals surface area contributed by atoms with Gasteiger partial charge in [-0.05, 0) is 73.8 Å². The predicted octanol–water partition coefficient (Wildman–Crippen LogP) is 2.78. The van der Waals surface area contributed by atoms with Crippen molar-refractivity contribution in [3.8, 4) is 0 Å². The topological polar surface area (TPSA) is 63.3 Å². The number of carboxylic acid groups (broad SMARTS) is 1. The van der Waals surface area contributed by atoms with Gasteiger partial charge in [0, 0.05) is 3.57 Å². The third-order valence-electron chi connectivity index (χ3n) is 1.42. The highest BCUT2D eigenvalue weighted by molar-refractivity contribution is 14.1. The SMILES string of the molecule is Nc1c(I)c(I)cc(C(=O)O)c1I. The number of benzene rings is 1. The van der Waals surface area contributed by atoms with E-state index in [1.807, 2.05) is 22.6 Å². The van der Waals surface area contributed by atoms with E-state index in [0.29, 0.717) is 9.26 Å². The molecule has 70 valence electrons. The fourth-order valence-corrected chi connectivity index (χ4v) is 2.98. The molecule has 3 nitrogen and oxygen atoms in total. The van der Waals surface area contributed by atoms with Gasteiger partial charge in [0.2, 0.25) is 0 Å². The highest BCUT2D eigenvalue weighted by atomic mass is 127. The lowest BCUT2D eigenvalue weighted by atomic mass is 10.2. The molecule has 0 aliphatic carbocycles. The van der Waals surface area contributed by atoms with Gasteiger partial charge in [-0.2, -0.15) is 0 Å². The molecule has 0 unspecified atom stereocenters. The van der Waals surface area contributed by atoms with Crippen LogP contribution in [0.1, 0.15) is 10.4 Å². The minimum Gasteiger partial charge on any atom is -0.478 e. The van der Waals surface area contributed by atoms with Crippen LogP contribution in [0.2, 0.25) is 0 Å². The Balaban J connectivity index is 3.50. The largest absolute Gasteiger partial charge is 0.478 e. The van der Waals surface area contributed by atoms with Crippen LogP contribution in [-0.2, 0) is 0 Å². The van der Waals surface area contributed by atoms with Gasteiger partial charge in [-0.15, -0.1) is 0 Å². The number of nitrogens with two attached hydrogens (primary N) is 1. The maximum absolute atomic E-state index is 10.8. The maximum atomic E-state index is 10.8. The fraction of sp³-hybridized carbons (Fsp3) is 0. The van der Waals surface area contributed by atoms with Gasteiger partial charge >= 0.3 is 5.97 Å². The monoisotopic (exact) mass is 515 g/mol. The number of halogens is 3.